The molecule has 0 unspecified atom stereocenters. The van der Waals surface area contributed by atoms with Gasteiger partial charge in [0.05, 0.1) is 46.3 Å². The van der Waals surface area contributed by atoms with Crippen LogP contribution < -0.4 is 5.32 Å². The van der Waals surface area contributed by atoms with E-state index in [1.165, 1.54) is 11.6 Å². The second-order valence-corrected chi connectivity index (χ2v) is 9.35. The molecule has 5 rings (SSSR count). The number of pyridine rings is 1. The molecule has 0 aliphatic heterocycles. The maximum Gasteiger partial charge on any atom is 0.437 e. The predicted molar refractivity (Wildman–Crippen MR) is 147 cm³/mol. The van der Waals surface area contributed by atoms with Crippen LogP contribution in [0.2, 0.25) is 0 Å². The number of fused-ring (bicyclic) bond motifs is 1. The SMILES string of the molecule is CCc1ccc(-c2cc(C(=O)Nc3c(C(F)(F)F)nn(Cc4ccc(C#N)cc4)c3C)c3ccccc3n2)cc1. The topological polar surface area (TPSA) is 83.6 Å². The van der Waals surface area contributed by atoms with Gasteiger partial charge in [-0.3, -0.25) is 9.48 Å². The second-order valence-electron chi connectivity index (χ2n) is 9.35. The van der Waals surface area contributed by atoms with Crippen LogP contribution in [0.1, 0.15) is 45.4 Å². The summed E-state index contributed by atoms with van der Waals surface area (Å²) in [4.78, 5) is 18.3. The molecule has 2 heterocycles. The number of para-hydroxylation sites is 1. The standard InChI is InChI=1S/C31H24F3N5O/c1-3-20-12-14-23(15-13-20)27-16-25(24-6-4-5-7-26(24)36-27)30(40)37-28-19(2)39(38-29(28)31(32,33)34)18-22-10-8-21(17-35)9-11-22/h4-16H,3,18H2,1-2H3,(H,37,40). The fourth-order valence-electron chi connectivity index (χ4n) is 4.51. The number of hydrogen-bond donors (Lipinski definition) is 1. The van der Waals surface area contributed by atoms with Gasteiger partial charge in [-0.25, -0.2) is 4.98 Å². The minimum atomic E-state index is -4.80. The Morgan fingerprint density at radius 1 is 1.00 bits per heavy atom. The van der Waals surface area contributed by atoms with E-state index in [1.54, 1.807) is 54.6 Å². The largest absolute Gasteiger partial charge is 0.437 e. The summed E-state index contributed by atoms with van der Waals surface area (Å²) in [5.74, 6) is -0.698. The van der Waals surface area contributed by atoms with Gasteiger partial charge in [-0.1, -0.05) is 61.5 Å². The Balaban J connectivity index is 1.54. The monoisotopic (exact) mass is 539 g/mol. The van der Waals surface area contributed by atoms with Gasteiger partial charge in [-0.05, 0) is 48.7 Å². The Kier molecular flexibility index (Phi) is 7.09. The van der Waals surface area contributed by atoms with Crippen LogP contribution in [0.15, 0.2) is 78.9 Å². The third-order valence-electron chi connectivity index (χ3n) is 6.75. The van der Waals surface area contributed by atoms with Crippen molar-refractivity contribution in [3.63, 3.8) is 0 Å². The molecule has 0 spiro atoms. The molecule has 0 fully saturated rings. The molecule has 0 aliphatic carbocycles. The van der Waals surface area contributed by atoms with Crippen molar-refractivity contribution < 1.29 is 18.0 Å². The lowest BCUT2D eigenvalue weighted by Gasteiger charge is -2.12. The first kappa shape index (κ1) is 26.6. The molecule has 3 aromatic carbocycles. The van der Waals surface area contributed by atoms with Crippen LogP contribution in [0, 0.1) is 18.3 Å². The van der Waals surface area contributed by atoms with Crippen molar-refractivity contribution in [2.75, 3.05) is 5.32 Å². The molecule has 2 aromatic heterocycles. The molecule has 0 atom stereocenters. The van der Waals surface area contributed by atoms with E-state index in [2.05, 4.69) is 17.3 Å². The second kappa shape index (κ2) is 10.7. The summed E-state index contributed by atoms with van der Waals surface area (Å²) in [6.07, 6.45) is -3.92. The Hall–Kier alpha value is -4.97. The van der Waals surface area contributed by atoms with Gasteiger partial charge in [0.25, 0.3) is 5.91 Å². The summed E-state index contributed by atoms with van der Waals surface area (Å²) in [6, 6.07) is 24.9. The number of hydrogen-bond acceptors (Lipinski definition) is 4. The van der Waals surface area contributed by atoms with Crippen LogP contribution in [0.25, 0.3) is 22.2 Å². The lowest BCUT2D eigenvalue weighted by molar-refractivity contribution is -0.140. The van der Waals surface area contributed by atoms with E-state index < -0.39 is 23.5 Å². The number of aromatic nitrogens is 3. The first-order valence-electron chi connectivity index (χ1n) is 12.6. The number of anilines is 1. The van der Waals surface area contributed by atoms with Gasteiger partial charge in [0.1, 0.15) is 0 Å². The van der Waals surface area contributed by atoms with E-state index in [0.29, 0.717) is 27.7 Å². The number of carbonyl (C=O) groups excluding carboxylic acids is 1. The summed E-state index contributed by atoms with van der Waals surface area (Å²) in [5.41, 5.74) is 2.90. The molecule has 200 valence electrons. The van der Waals surface area contributed by atoms with Crippen molar-refractivity contribution in [3.8, 4) is 17.3 Å². The molecule has 0 aliphatic rings. The molecule has 0 saturated carbocycles. The Morgan fingerprint density at radius 2 is 1.68 bits per heavy atom. The fourth-order valence-corrected chi connectivity index (χ4v) is 4.51. The van der Waals surface area contributed by atoms with E-state index in [0.717, 1.165) is 17.5 Å². The first-order chi connectivity index (χ1) is 19.2. The number of nitrogens with zero attached hydrogens (tertiary/aromatic N) is 4. The molecule has 6 nitrogen and oxygen atoms in total. The van der Waals surface area contributed by atoms with Crippen LogP contribution in [-0.2, 0) is 19.1 Å². The number of rotatable bonds is 6. The lowest BCUT2D eigenvalue weighted by atomic mass is 10.0. The summed E-state index contributed by atoms with van der Waals surface area (Å²) in [7, 11) is 0. The first-order valence-corrected chi connectivity index (χ1v) is 12.6. The van der Waals surface area contributed by atoms with Gasteiger partial charge in [-0.2, -0.15) is 23.5 Å². The van der Waals surface area contributed by atoms with Gasteiger partial charge in [0, 0.05) is 10.9 Å². The summed E-state index contributed by atoms with van der Waals surface area (Å²) in [6.45, 7) is 3.56. The highest BCUT2D eigenvalue weighted by Crippen LogP contribution is 2.37. The zero-order valence-corrected chi connectivity index (χ0v) is 21.8. The van der Waals surface area contributed by atoms with E-state index in [-0.39, 0.29) is 17.8 Å². The van der Waals surface area contributed by atoms with Gasteiger partial charge in [-0.15, -0.1) is 0 Å². The number of carbonyl (C=O) groups is 1. The summed E-state index contributed by atoms with van der Waals surface area (Å²) >= 11 is 0. The Bertz CT molecular complexity index is 1750. The Labute approximate surface area is 228 Å². The number of nitrogens with one attached hydrogen (secondary N) is 1. The van der Waals surface area contributed by atoms with Gasteiger partial charge in [0.2, 0.25) is 0 Å². The molecule has 1 N–H and O–H groups in total. The van der Waals surface area contributed by atoms with E-state index >= 15 is 0 Å². The van der Waals surface area contributed by atoms with Gasteiger partial charge < -0.3 is 5.32 Å². The highest BCUT2D eigenvalue weighted by atomic mass is 19.4. The molecule has 5 aromatic rings. The molecular formula is C31H24F3N5O. The lowest BCUT2D eigenvalue weighted by Crippen LogP contribution is -2.17. The molecular weight excluding hydrogens is 515 g/mol. The van der Waals surface area contributed by atoms with E-state index in [1.807, 2.05) is 30.3 Å². The van der Waals surface area contributed by atoms with Crippen molar-refractivity contribution in [2.24, 2.45) is 0 Å². The van der Waals surface area contributed by atoms with Crippen molar-refractivity contribution in [1.29, 1.82) is 5.26 Å². The molecule has 0 bridgehead atoms. The van der Waals surface area contributed by atoms with Crippen LogP contribution in [0.5, 0.6) is 0 Å². The zero-order valence-electron chi connectivity index (χ0n) is 21.8. The third-order valence-corrected chi connectivity index (χ3v) is 6.75. The van der Waals surface area contributed by atoms with Gasteiger partial charge >= 0.3 is 6.18 Å². The predicted octanol–water partition coefficient (Wildman–Crippen LogP) is 7.16. The average molecular weight is 540 g/mol. The molecule has 0 radical (unpaired) electrons. The minimum Gasteiger partial charge on any atom is -0.319 e. The van der Waals surface area contributed by atoms with E-state index in [9.17, 15) is 18.0 Å². The van der Waals surface area contributed by atoms with Crippen molar-refractivity contribution in [2.45, 2.75) is 33.0 Å². The van der Waals surface area contributed by atoms with Crippen molar-refractivity contribution in [1.82, 2.24) is 14.8 Å². The quantitative estimate of drug-likeness (QED) is 0.248. The maximum atomic E-state index is 14.1. The number of aryl methyl sites for hydroxylation is 1. The van der Waals surface area contributed by atoms with Crippen molar-refractivity contribution in [3.05, 3.63) is 113 Å². The number of alkyl halides is 3. The van der Waals surface area contributed by atoms with Crippen LogP contribution in [0.4, 0.5) is 18.9 Å². The summed E-state index contributed by atoms with van der Waals surface area (Å²) in [5, 5.41) is 15.8. The molecule has 1 amide bonds. The highest BCUT2D eigenvalue weighted by molar-refractivity contribution is 6.13. The number of benzene rings is 3. The summed E-state index contributed by atoms with van der Waals surface area (Å²) < 4.78 is 43.4. The fraction of sp³-hybridized carbons (Fsp3) is 0.161. The van der Waals surface area contributed by atoms with Crippen LogP contribution in [0.3, 0.4) is 0 Å². The van der Waals surface area contributed by atoms with Crippen LogP contribution in [-0.4, -0.2) is 20.7 Å². The number of halogens is 3. The van der Waals surface area contributed by atoms with Gasteiger partial charge in [0.15, 0.2) is 5.69 Å². The number of amides is 1. The van der Waals surface area contributed by atoms with Crippen molar-refractivity contribution >= 4 is 22.5 Å². The van der Waals surface area contributed by atoms with Crippen LogP contribution >= 0.6 is 0 Å². The highest BCUT2D eigenvalue weighted by Gasteiger charge is 2.39. The normalized spacial score (nSPS) is 11.4. The minimum absolute atomic E-state index is 0.0343. The maximum absolute atomic E-state index is 14.1. The van der Waals surface area contributed by atoms with E-state index in [4.69, 9.17) is 10.2 Å². The smallest absolute Gasteiger partial charge is 0.319 e. The number of nitriles is 1. The molecule has 40 heavy (non-hydrogen) atoms. The zero-order chi connectivity index (χ0) is 28.4. The molecule has 9 heteroatoms. The average Bonchev–Trinajstić information content (AvgIpc) is 3.27. The molecule has 0 saturated heterocycles. The third kappa shape index (κ3) is 5.29. The Morgan fingerprint density at radius 3 is 2.33 bits per heavy atom.